The van der Waals surface area contributed by atoms with Crippen LogP contribution in [0, 0.1) is 0 Å². The average molecular weight is 315 g/mol. The molecule has 3 amide bonds. The number of primary amides is 2. The fourth-order valence-electron chi connectivity index (χ4n) is 1.36. The SMILES string of the molecule is CC(C)Oc1ncc(C(=O)NC(C(N)=O)C(N)=O)cc1Cl. The van der Waals surface area contributed by atoms with Gasteiger partial charge >= 0.3 is 0 Å². The molecule has 0 unspecified atom stereocenters. The molecule has 0 aliphatic rings. The molecule has 0 aliphatic heterocycles. The van der Waals surface area contributed by atoms with E-state index in [0.29, 0.717) is 0 Å². The van der Waals surface area contributed by atoms with Gasteiger partial charge in [-0.05, 0) is 19.9 Å². The number of pyridine rings is 1. The maximum Gasteiger partial charge on any atom is 0.253 e. The number of amides is 3. The summed E-state index contributed by atoms with van der Waals surface area (Å²) in [5.41, 5.74) is 9.94. The Morgan fingerprint density at radius 3 is 2.29 bits per heavy atom. The molecular formula is C12H15ClN4O4. The lowest BCUT2D eigenvalue weighted by Crippen LogP contribution is -2.52. The van der Waals surface area contributed by atoms with Crippen LogP contribution < -0.4 is 21.5 Å². The highest BCUT2D eigenvalue weighted by molar-refractivity contribution is 6.32. The summed E-state index contributed by atoms with van der Waals surface area (Å²) in [6.45, 7) is 3.59. The molecule has 114 valence electrons. The molecule has 0 saturated carbocycles. The van der Waals surface area contributed by atoms with E-state index in [1.807, 2.05) is 0 Å². The quantitative estimate of drug-likeness (QED) is 0.613. The van der Waals surface area contributed by atoms with E-state index >= 15 is 0 Å². The fourth-order valence-corrected chi connectivity index (χ4v) is 1.57. The Morgan fingerprint density at radius 2 is 1.86 bits per heavy atom. The summed E-state index contributed by atoms with van der Waals surface area (Å²) >= 11 is 5.93. The predicted octanol–water partition coefficient (Wildman–Crippen LogP) is -0.409. The molecule has 21 heavy (non-hydrogen) atoms. The van der Waals surface area contributed by atoms with Gasteiger partial charge in [0.2, 0.25) is 17.7 Å². The summed E-state index contributed by atoms with van der Waals surface area (Å²) < 4.78 is 5.31. The molecule has 0 fully saturated rings. The summed E-state index contributed by atoms with van der Waals surface area (Å²) in [6.07, 6.45) is 1.06. The number of hydrogen-bond acceptors (Lipinski definition) is 5. The van der Waals surface area contributed by atoms with E-state index in [2.05, 4.69) is 10.3 Å². The largest absolute Gasteiger partial charge is 0.474 e. The highest BCUT2D eigenvalue weighted by Crippen LogP contribution is 2.23. The van der Waals surface area contributed by atoms with Crippen molar-refractivity contribution in [3.63, 3.8) is 0 Å². The van der Waals surface area contributed by atoms with Crippen LogP contribution in [0.15, 0.2) is 12.3 Å². The van der Waals surface area contributed by atoms with Crippen LogP contribution in [0.25, 0.3) is 0 Å². The molecule has 1 heterocycles. The zero-order chi connectivity index (χ0) is 16.2. The van der Waals surface area contributed by atoms with E-state index in [-0.39, 0.29) is 22.6 Å². The minimum Gasteiger partial charge on any atom is -0.474 e. The number of rotatable bonds is 6. The summed E-state index contributed by atoms with van der Waals surface area (Å²) in [7, 11) is 0. The molecule has 1 rings (SSSR count). The number of halogens is 1. The van der Waals surface area contributed by atoms with Crippen LogP contribution in [-0.4, -0.2) is 34.9 Å². The standard InChI is InChI=1S/C12H15ClN4O4/c1-5(2)21-12-7(13)3-6(4-16-12)11(20)17-8(9(14)18)10(15)19/h3-5,8H,1-2H3,(H2,14,18)(H2,15,19)(H,17,20). The van der Waals surface area contributed by atoms with Crippen LogP contribution >= 0.6 is 11.6 Å². The third-order valence-corrected chi connectivity index (χ3v) is 2.53. The second-order valence-electron chi connectivity index (χ2n) is 4.39. The van der Waals surface area contributed by atoms with Crippen molar-refractivity contribution in [2.24, 2.45) is 11.5 Å². The Labute approximate surface area is 125 Å². The van der Waals surface area contributed by atoms with Crippen LogP contribution in [0.4, 0.5) is 0 Å². The van der Waals surface area contributed by atoms with Crippen molar-refractivity contribution in [2.75, 3.05) is 0 Å². The summed E-state index contributed by atoms with van der Waals surface area (Å²) in [4.78, 5) is 37.8. The Hall–Kier alpha value is -2.35. The van der Waals surface area contributed by atoms with Crippen molar-refractivity contribution in [2.45, 2.75) is 26.0 Å². The number of aromatic nitrogens is 1. The number of carbonyl (C=O) groups is 3. The van der Waals surface area contributed by atoms with Gasteiger partial charge in [0, 0.05) is 6.20 Å². The predicted molar refractivity (Wildman–Crippen MR) is 74.7 cm³/mol. The third-order valence-electron chi connectivity index (χ3n) is 2.26. The van der Waals surface area contributed by atoms with E-state index in [0.717, 1.165) is 0 Å². The fraction of sp³-hybridized carbons (Fsp3) is 0.333. The number of ether oxygens (including phenoxy) is 1. The smallest absolute Gasteiger partial charge is 0.253 e. The van der Waals surface area contributed by atoms with Crippen molar-refractivity contribution in [1.82, 2.24) is 10.3 Å². The van der Waals surface area contributed by atoms with E-state index in [1.165, 1.54) is 12.3 Å². The molecule has 5 N–H and O–H groups in total. The normalized spacial score (nSPS) is 10.5. The molecule has 0 radical (unpaired) electrons. The number of nitrogens with two attached hydrogens (primary N) is 2. The van der Waals surface area contributed by atoms with Crippen LogP contribution in [0.3, 0.4) is 0 Å². The van der Waals surface area contributed by atoms with Crippen molar-refractivity contribution in [1.29, 1.82) is 0 Å². The van der Waals surface area contributed by atoms with Crippen molar-refractivity contribution in [3.05, 3.63) is 22.8 Å². The first-order valence-corrected chi connectivity index (χ1v) is 6.32. The van der Waals surface area contributed by atoms with Crippen LogP contribution in [0.5, 0.6) is 5.88 Å². The van der Waals surface area contributed by atoms with E-state index in [9.17, 15) is 14.4 Å². The van der Waals surface area contributed by atoms with Gasteiger partial charge in [-0.2, -0.15) is 0 Å². The minimum absolute atomic E-state index is 0.0311. The van der Waals surface area contributed by atoms with Crippen molar-refractivity contribution >= 4 is 29.3 Å². The molecule has 9 heteroatoms. The number of nitrogens with one attached hydrogen (secondary N) is 1. The molecule has 0 bridgehead atoms. The van der Waals surface area contributed by atoms with Gasteiger partial charge < -0.3 is 21.5 Å². The second-order valence-corrected chi connectivity index (χ2v) is 4.80. The minimum atomic E-state index is -1.61. The molecule has 1 aromatic rings. The van der Waals surface area contributed by atoms with Crippen molar-refractivity contribution in [3.8, 4) is 5.88 Å². The lowest BCUT2D eigenvalue weighted by Gasteiger charge is -2.13. The van der Waals surface area contributed by atoms with Gasteiger partial charge in [0.15, 0.2) is 6.04 Å². The monoisotopic (exact) mass is 314 g/mol. The first-order chi connectivity index (χ1) is 9.72. The topological polar surface area (TPSA) is 137 Å². The highest BCUT2D eigenvalue weighted by Gasteiger charge is 2.24. The zero-order valence-corrected chi connectivity index (χ0v) is 12.2. The number of carbonyl (C=O) groups excluding carboxylic acids is 3. The average Bonchev–Trinajstić information content (AvgIpc) is 2.36. The summed E-state index contributed by atoms with van der Waals surface area (Å²) in [5, 5.41) is 2.21. The van der Waals surface area contributed by atoms with Gasteiger partial charge in [0.05, 0.1) is 11.7 Å². The van der Waals surface area contributed by atoms with Crippen LogP contribution in [-0.2, 0) is 9.59 Å². The summed E-state index contributed by atoms with van der Waals surface area (Å²) in [6, 6.07) is -0.316. The molecule has 8 nitrogen and oxygen atoms in total. The molecular weight excluding hydrogens is 300 g/mol. The van der Waals surface area contributed by atoms with Gasteiger partial charge in [0.1, 0.15) is 5.02 Å². The van der Waals surface area contributed by atoms with E-state index in [4.69, 9.17) is 27.8 Å². The first kappa shape index (κ1) is 16.7. The molecule has 0 aliphatic carbocycles. The Bertz CT molecular complexity index is 562. The van der Waals surface area contributed by atoms with Crippen molar-refractivity contribution < 1.29 is 19.1 Å². The van der Waals surface area contributed by atoms with Gasteiger partial charge in [0.25, 0.3) is 5.91 Å². The molecule has 0 atom stereocenters. The zero-order valence-electron chi connectivity index (χ0n) is 11.4. The third kappa shape index (κ3) is 4.60. The molecule has 0 saturated heterocycles. The lowest BCUT2D eigenvalue weighted by atomic mass is 10.2. The second kappa shape index (κ2) is 6.89. The Balaban J connectivity index is 2.91. The lowest BCUT2D eigenvalue weighted by molar-refractivity contribution is -0.128. The van der Waals surface area contributed by atoms with E-state index < -0.39 is 23.8 Å². The molecule has 0 aromatic carbocycles. The molecule has 0 spiro atoms. The van der Waals surface area contributed by atoms with Gasteiger partial charge in [-0.25, -0.2) is 4.98 Å². The van der Waals surface area contributed by atoms with Gasteiger partial charge in [-0.15, -0.1) is 0 Å². The summed E-state index contributed by atoms with van der Waals surface area (Å²) in [5.74, 6) is -2.71. The highest BCUT2D eigenvalue weighted by atomic mass is 35.5. The maximum absolute atomic E-state index is 11.9. The maximum atomic E-state index is 11.9. The van der Waals surface area contributed by atoms with E-state index in [1.54, 1.807) is 13.8 Å². The van der Waals surface area contributed by atoms with Crippen LogP contribution in [0.2, 0.25) is 5.02 Å². The number of hydrogen-bond donors (Lipinski definition) is 3. The molecule has 1 aromatic heterocycles. The van der Waals surface area contributed by atoms with Crippen LogP contribution in [0.1, 0.15) is 24.2 Å². The Kier molecular flexibility index (Phi) is 5.48. The van der Waals surface area contributed by atoms with Gasteiger partial charge in [-0.1, -0.05) is 11.6 Å². The van der Waals surface area contributed by atoms with Gasteiger partial charge in [-0.3, -0.25) is 14.4 Å². The first-order valence-electron chi connectivity index (χ1n) is 5.94. The number of nitrogens with zero attached hydrogens (tertiary/aromatic N) is 1. The Morgan fingerprint density at radius 1 is 1.29 bits per heavy atom.